The van der Waals surface area contributed by atoms with Gasteiger partial charge >= 0.3 is 0 Å². The van der Waals surface area contributed by atoms with Gasteiger partial charge in [-0.1, -0.05) is 18.3 Å². The Hall–Kier alpha value is 0.200. The predicted molar refractivity (Wildman–Crippen MR) is 46.8 cm³/mol. The highest BCUT2D eigenvalue weighted by atomic mass is 35.5. The smallest absolute Gasteiger partial charge is 0.155 e. The van der Waals surface area contributed by atoms with Crippen molar-refractivity contribution in [3.8, 4) is 0 Å². The monoisotopic (exact) mass is 194 g/mol. The number of nitrogens with zero attached hydrogens (tertiary/aromatic N) is 2. The number of hydrogen-bond donors (Lipinski definition) is 0. The summed E-state index contributed by atoms with van der Waals surface area (Å²) in [6.45, 7) is 2.12. The van der Waals surface area contributed by atoms with Crippen LogP contribution in [0.2, 0.25) is 4.47 Å². The molecule has 2 nitrogen and oxygen atoms in total. The van der Waals surface area contributed by atoms with Crippen molar-refractivity contribution >= 4 is 34.7 Å². The van der Waals surface area contributed by atoms with Crippen LogP contribution in [0.15, 0.2) is 0 Å². The van der Waals surface area contributed by atoms with E-state index < -0.39 is 0 Å². The topological polar surface area (TPSA) is 25.8 Å². The molecule has 1 rings (SSSR count). The molecule has 0 unspecified atom stereocenters. The maximum atomic E-state index is 5.57. The van der Waals surface area contributed by atoms with Crippen LogP contribution in [0.5, 0.6) is 0 Å². The summed E-state index contributed by atoms with van der Waals surface area (Å²) in [6.07, 6.45) is 0. The molecular weight excluding hydrogens is 188 g/mol. The third-order valence-electron chi connectivity index (χ3n) is 0.872. The molecule has 0 radical (unpaired) electrons. The van der Waals surface area contributed by atoms with Crippen LogP contribution >= 0.6 is 34.7 Å². The molecule has 0 saturated heterocycles. The third kappa shape index (κ3) is 2.44. The van der Waals surface area contributed by atoms with Crippen LogP contribution in [0.1, 0.15) is 11.9 Å². The lowest BCUT2D eigenvalue weighted by Gasteiger charge is -1.88. The number of hydrogen-bond acceptors (Lipinski definition) is 4. The summed E-state index contributed by atoms with van der Waals surface area (Å²) < 4.78 is 0.534. The molecule has 0 aliphatic carbocycles. The Morgan fingerprint density at radius 3 is 2.90 bits per heavy atom. The van der Waals surface area contributed by atoms with E-state index in [9.17, 15) is 0 Å². The van der Waals surface area contributed by atoms with Crippen molar-refractivity contribution in [2.45, 2.75) is 12.7 Å². The van der Waals surface area contributed by atoms with Crippen LogP contribution < -0.4 is 0 Å². The molecule has 0 spiro atoms. The molecule has 0 amide bonds. The van der Waals surface area contributed by atoms with Gasteiger partial charge in [0.15, 0.2) is 0 Å². The van der Waals surface area contributed by atoms with Gasteiger partial charge in [0.2, 0.25) is 4.47 Å². The number of thioether (sulfide) groups is 1. The molecule has 0 aromatic carbocycles. The van der Waals surface area contributed by atoms with Gasteiger partial charge in [-0.05, 0) is 17.4 Å². The van der Waals surface area contributed by atoms with Crippen LogP contribution in [0.25, 0.3) is 0 Å². The maximum Gasteiger partial charge on any atom is 0.207 e. The Bertz CT molecular complexity index is 201. The van der Waals surface area contributed by atoms with Gasteiger partial charge in [0.25, 0.3) is 0 Å². The standard InChI is InChI=1S/C5H7ClN2S2/c1-2-9-3-4-7-8-5(6)10-4/h2-3H2,1H3. The third-order valence-corrected chi connectivity index (χ3v) is 2.96. The van der Waals surface area contributed by atoms with Gasteiger partial charge in [-0.2, -0.15) is 11.8 Å². The minimum absolute atomic E-state index is 0.534. The molecule has 1 aromatic heterocycles. The highest BCUT2D eigenvalue weighted by molar-refractivity contribution is 7.98. The lowest BCUT2D eigenvalue weighted by molar-refractivity contribution is 1.04. The molecule has 10 heavy (non-hydrogen) atoms. The fourth-order valence-electron chi connectivity index (χ4n) is 0.481. The molecule has 0 bridgehead atoms. The van der Waals surface area contributed by atoms with E-state index in [4.69, 9.17) is 11.6 Å². The van der Waals surface area contributed by atoms with Crippen molar-refractivity contribution in [1.82, 2.24) is 10.2 Å². The summed E-state index contributed by atoms with van der Waals surface area (Å²) in [5.41, 5.74) is 0. The summed E-state index contributed by atoms with van der Waals surface area (Å²) in [6, 6.07) is 0. The zero-order chi connectivity index (χ0) is 7.40. The van der Waals surface area contributed by atoms with E-state index in [2.05, 4.69) is 17.1 Å². The molecule has 5 heteroatoms. The van der Waals surface area contributed by atoms with E-state index in [0.717, 1.165) is 16.5 Å². The van der Waals surface area contributed by atoms with Crippen molar-refractivity contribution in [2.24, 2.45) is 0 Å². The molecule has 0 atom stereocenters. The summed E-state index contributed by atoms with van der Waals surface area (Å²) in [4.78, 5) is 0. The Kier molecular flexibility index (Phi) is 3.45. The number of aromatic nitrogens is 2. The predicted octanol–water partition coefficient (Wildman–Crippen LogP) is 2.44. The van der Waals surface area contributed by atoms with Gasteiger partial charge in [0.1, 0.15) is 5.01 Å². The van der Waals surface area contributed by atoms with E-state index in [-0.39, 0.29) is 0 Å². The van der Waals surface area contributed by atoms with Crippen molar-refractivity contribution in [1.29, 1.82) is 0 Å². The molecule has 1 aromatic rings. The number of rotatable bonds is 3. The van der Waals surface area contributed by atoms with Crippen molar-refractivity contribution in [2.75, 3.05) is 5.75 Å². The SMILES string of the molecule is CCSCc1nnc(Cl)s1. The first-order valence-corrected chi connectivity index (χ1v) is 5.23. The molecule has 1 heterocycles. The minimum atomic E-state index is 0.534. The number of halogens is 1. The first-order chi connectivity index (χ1) is 4.83. The Morgan fingerprint density at radius 2 is 2.40 bits per heavy atom. The summed E-state index contributed by atoms with van der Waals surface area (Å²) in [5.74, 6) is 2.04. The molecular formula is C5H7ClN2S2. The van der Waals surface area contributed by atoms with Gasteiger partial charge in [-0.3, -0.25) is 0 Å². The zero-order valence-corrected chi connectivity index (χ0v) is 7.89. The second-order valence-corrected chi connectivity index (χ2v) is 4.50. The first-order valence-electron chi connectivity index (χ1n) is 2.88. The van der Waals surface area contributed by atoms with Crippen molar-refractivity contribution in [3.05, 3.63) is 9.47 Å². The maximum absolute atomic E-state index is 5.57. The van der Waals surface area contributed by atoms with Gasteiger partial charge in [-0.25, -0.2) is 0 Å². The lowest BCUT2D eigenvalue weighted by atomic mass is 10.8. The summed E-state index contributed by atoms with van der Waals surface area (Å²) >= 11 is 8.85. The Morgan fingerprint density at radius 1 is 1.60 bits per heavy atom. The van der Waals surface area contributed by atoms with E-state index in [0.29, 0.717) is 4.47 Å². The van der Waals surface area contributed by atoms with Gasteiger partial charge in [0.05, 0.1) is 0 Å². The van der Waals surface area contributed by atoms with Gasteiger partial charge < -0.3 is 0 Å². The normalized spacial score (nSPS) is 10.2. The average Bonchev–Trinajstić information content (AvgIpc) is 2.31. The van der Waals surface area contributed by atoms with Crippen LogP contribution in [-0.2, 0) is 5.75 Å². The minimum Gasteiger partial charge on any atom is -0.155 e. The van der Waals surface area contributed by atoms with E-state index >= 15 is 0 Å². The Balaban J connectivity index is 2.42. The lowest BCUT2D eigenvalue weighted by Crippen LogP contribution is -1.78. The molecule has 0 N–H and O–H groups in total. The first kappa shape index (κ1) is 8.30. The zero-order valence-electron chi connectivity index (χ0n) is 5.50. The molecule has 0 aliphatic rings. The quantitative estimate of drug-likeness (QED) is 0.740. The molecule has 56 valence electrons. The van der Waals surface area contributed by atoms with E-state index in [1.54, 1.807) is 0 Å². The van der Waals surface area contributed by atoms with Crippen LogP contribution in [0, 0.1) is 0 Å². The average molecular weight is 195 g/mol. The molecule has 0 fully saturated rings. The van der Waals surface area contributed by atoms with Crippen molar-refractivity contribution < 1.29 is 0 Å². The van der Waals surface area contributed by atoms with Crippen LogP contribution in [0.3, 0.4) is 0 Å². The van der Waals surface area contributed by atoms with Crippen LogP contribution in [0.4, 0.5) is 0 Å². The Labute approximate surface area is 73.0 Å². The van der Waals surface area contributed by atoms with Crippen LogP contribution in [-0.4, -0.2) is 16.0 Å². The fourth-order valence-corrected chi connectivity index (χ4v) is 2.07. The van der Waals surface area contributed by atoms with E-state index in [1.165, 1.54) is 11.3 Å². The second kappa shape index (κ2) is 4.16. The summed E-state index contributed by atoms with van der Waals surface area (Å²) in [5, 5.41) is 8.57. The van der Waals surface area contributed by atoms with Gasteiger partial charge in [0, 0.05) is 5.75 Å². The molecule has 0 aliphatic heterocycles. The van der Waals surface area contributed by atoms with Crippen molar-refractivity contribution in [3.63, 3.8) is 0 Å². The largest absolute Gasteiger partial charge is 0.207 e. The fraction of sp³-hybridized carbons (Fsp3) is 0.600. The highest BCUT2D eigenvalue weighted by Crippen LogP contribution is 2.19. The van der Waals surface area contributed by atoms with Gasteiger partial charge in [-0.15, -0.1) is 10.2 Å². The van der Waals surface area contributed by atoms with E-state index in [1.807, 2.05) is 11.8 Å². The highest BCUT2D eigenvalue weighted by Gasteiger charge is 1.99. The molecule has 0 saturated carbocycles. The summed E-state index contributed by atoms with van der Waals surface area (Å²) in [7, 11) is 0. The second-order valence-electron chi connectivity index (χ2n) is 1.59.